The van der Waals surface area contributed by atoms with Gasteiger partial charge in [0, 0.05) is 19.6 Å². The van der Waals surface area contributed by atoms with Gasteiger partial charge in [-0.1, -0.05) is 6.42 Å². The smallest absolute Gasteiger partial charge is 0.305 e. The van der Waals surface area contributed by atoms with Crippen molar-refractivity contribution >= 4 is 21.9 Å². The first kappa shape index (κ1) is 16.5. The number of furan rings is 1. The van der Waals surface area contributed by atoms with Crippen LogP contribution in [-0.2, 0) is 14.8 Å². The minimum atomic E-state index is -3.72. The monoisotopic (exact) mass is 330 g/mol. The second kappa shape index (κ2) is 6.93. The Labute approximate surface area is 128 Å². The van der Waals surface area contributed by atoms with Gasteiger partial charge >= 0.3 is 5.97 Å². The molecule has 1 aromatic heterocycles. The van der Waals surface area contributed by atoms with Crippen molar-refractivity contribution in [1.82, 2.24) is 9.62 Å². The molecule has 9 heteroatoms. The fourth-order valence-corrected chi connectivity index (χ4v) is 3.61. The molecule has 2 N–H and O–H groups in total. The van der Waals surface area contributed by atoms with Gasteiger partial charge in [0.25, 0.3) is 15.9 Å². The zero-order chi connectivity index (χ0) is 16.2. The van der Waals surface area contributed by atoms with Crippen molar-refractivity contribution in [3.05, 3.63) is 17.9 Å². The first-order valence-electron chi connectivity index (χ1n) is 7.01. The lowest BCUT2D eigenvalue weighted by Gasteiger charge is -2.24. The molecule has 1 aromatic rings. The van der Waals surface area contributed by atoms with Crippen LogP contribution in [0, 0.1) is 0 Å². The molecule has 1 saturated heterocycles. The number of nitrogens with one attached hydrogen (secondary N) is 1. The van der Waals surface area contributed by atoms with Crippen molar-refractivity contribution in [3.63, 3.8) is 0 Å². The molecule has 122 valence electrons. The van der Waals surface area contributed by atoms with Crippen LogP contribution in [-0.4, -0.2) is 49.3 Å². The van der Waals surface area contributed by atoms with Crippen LogP contribution in [0.4, 0.5) is 0 Å². The van der Waals surface area contributed by atoms with Gasteiger partial charge in [-0.05, 0) is 25.0 Å². The number of carbonyl (C=O) groups is 2. The van der Waals surface area contributed by atoms with Crippen LogP contribution in [0.3, 0.4) is 0 Å². The number of carboxylic acids is 1. The second-order valence-corrected chi connectivity index (χ2v) is 6.85. The maximum atomic E-state index is 12.3. The highest BCUT2D eigenvalue weighted by atomic mass is 32.2. The Morgan fingerprint density at radius 1 is 1.23 bits per heavy atom. The number of carboxylic acid groups (broad SMARTS) is 1. The van der Waals surface area contributed by atoms with E-state index in [0.29, 0.717) is 13.1 Å². The predicted octanol–water partition coefficient (Wildman–Crippen LogP) is 0.659. The van der Waals surface area contributed by atoms with Crippen LogP contribution in [0.25, 0.3) is 0 Å². The molecule has 0 radical (unpaired) electrons. The second-order valence-electron chi connectivity index (χ2n) is 4.98. The van der Waals surface area contributed by atoms with E-state index in [-0.39, 0.29) is 23.8 Å². The summed E-state index contributed by atoms with van der Waals surface area (Å²) in [6.45, 7) is 0.843. The average Bonchev–Trinajstić information content (AvgIpc) is 2.98. The van der Waals surface area contributed by atoms with Crippen molar-refractivity contribution in [3.8, 4) is 0 Å². The highest BCUT2D eigenvalue weighted by Gasteiger charge is 2.29. The molecule has 1 fully saturated rings. The number of carbonyl (C=O) groups excluding carboxylic acids is 1. The third-order valence-electron chi connectivity index (χ3n) is 3.34. The first-order valence-corrected chi connectivity index (χ1v) is 8.45. The van der Waals surface area contributed by atoms with Gasteiger partial charge in [0.1, 0.15) is 0 Å². The number of hydrogen-bond donors (Lipinski definition) is 2. The highest BCUT2D eigenvalue weighted by Crippen LogP contribution is 2.22. The fourth-order valence-electron chi connectivity index (χ4n) is 2.18. The zero-order valence-electron chi connectivity index (χ0n) is 11.9. The lowest BCUT2D eigenvalue weighted by molar-refractivity contribution is -0.136. The van der Waals surface area contributed by atoms with Crippen LogP contribution in [0.15, 0.2) is 21.6 Å². The topological polar surface area (TPSA) is 117 Å². The van der Waals surface area contributed by atoms with E-state index in [1.165, 1.54) is 16.4 Å². The summed E-state index contributed by atoms with van der Waals surface area (Å²) in [7, 11) is -3.72. The molecule has 0 aromatic carbocycles. The molecule has 22 heavy (non-hydrogen) atoms. The number of rotatable bonds is 6. The third-order valence-corrected chi connectivity index (χ3v) is 5.11. The molecular weight excluding hydrogens is 312 g/mol. The van der Waals surface area contributed by atoms with E-state index in [1.54, 1.807) is 0 Å². The largest absolute Gasteiger partial charge is 0.481 e. The van der Waals surface area contributed by atoms with Gasteiger partial charge in [-0.25, -0.2) is 8.42 Å². The molecule has 2 heterocycles. The van der Waals surface area contributed by atoms with Crippen molar-refractivity contribution < 1.29 is 27.5 Å². The average molecular weight is 330 g/mol. The first-order chi connectivity index (χ1) is 10.4. The molecule has 1 aliphatic heterocycles. The van der Waals surface area contributed by atoms with Crippen molar-refractivity contribution in [2.45, 2.75) is 30.8 Å². The number of piperidine rings is 1. The summed E-state index contributed by atoms with van der Waals surface area (Å²) < 4.78 is 31.2. The maximum absolute atomic E-state index is 12.3. The predicted molar refractivity (Wildman–Crippen MR) is 75.9 cm³/mol. The molecule has 0 saturated carbocycles. The lowest BCUT2D eigenvalue weighted by Crippen LogP contribution is -2.35. The van der Waals surface area contributed by atoms with E-state index in [0.717, 1.165) is 19.3 Å². The van der Waals surface area contributed by atoms with E-state index in [4.69, 9.17) is 9.52 Å². The van der Waals surface area contributed by atoms with E-state index in [2.05, 4.69) is 5.32 Å². The summed E-state index contributed by atoms with van der Waals surface area (Å²) in [4.78, 5) is 22.1. The van der Waals surface area contributed by atoms with Crippen molar-refractivity contribution in [2.24, 2.45) is 0 Å². The summed E-state index contributed by atoms with van der Waals surface area (Å²) in [5.74, 6) is -1.82. The summed E-state index contributed by atoms with van der Waals surface area (Å²) >= 11 is 0. The van der Waals surface area contributed by atoms with Gasteiger partial charge in [0.15, 0.2) is 5.76 Å². The summed E-state index contributed by atoms with van der Waals surface area (Å²) in [6.07, 6.45) is 2.40. The highest BCUT2D eigenvalue weighted by molar-refractivity contribution is 7.89. The number of amides is 1. The van der Waals surface area contributed by atoms with Crippen LogP contribution in [0.2, 0.25) is 0 Å². The Hall–Kier alpha value is -1.87. The molecular formula is C13H18N2O6S. The van der Waals surface area contributed by atoms with Gasteiger partial charge in [-0.3, -0.25) is 9.59 Å². The van der Waals surface area contributed by atoms with Crippen LogP contribution in [0.1, 0.15) is 36.2 Å². The lowest BCUT2D eigenvalue weighted by atomic mass is 10.2. The molecule has 8 nitrogen and oxygen atoms in total. The van der Waals surface area contributed by atoms with Gasteiger partial charge in [-0.2, -0.15) is 4.31 Å². The minimum Gasteiger partial charge on any atom is -0.481 e. The summed E-state index contributed by atoms with van der Waals surface area (Å²) in [6, 6.07) is 2.52. The van der Waals surface area contributed by atoms with Gasteiger partial charge in [0.2, 0.25) is 5.09 Å². The quantitative estimate of drug-likeness (QED) is 0.791. The van der Waals surface area contributed by atoms with E-state index in [9.17, 15) is 18.0 Å². The summed E-state index contributed by atoms with van der Waals surface area (Å²) in [5, 5.41) is 10.6. The van der Waals surface area contributed by atoms with Crippen LogP contribution < -0.4 is 5.32 Å². The van der Waals surface area contributed by atoms with Gasteiger partial charge in [0.05, 0.1) is 6.42 Å². The van der Waals surface area contributed by atoms with Crippen molar-refractivity contribution in [1.29, 1.82) is 0 Å². The number of sulfonamides is 1. The third kappa shape index (κ3) is 3.86. The SMILES string of the molecule is O=C(O)CCNC(=O)c1ccc(S(=O)(=O)N2CCCCC2)o1. The van der Waals surface area contributed by atoms with Gasteiger partial charge < -0.3 is 14.8 Å². The molecule has 2 rings (SSSR count). The molecule has 1 amide bonds. The van der Waals surface area contributed by atoms with E-state index in [1.807, 2.05) is 0 Å². The van der Waals surface area contributed by atoms with Gasteiger partial charge in [-0.15, -0.1) is 0 Å². The Morgan fingerprint density at radius 3 is 2.55 bits per heavy atom. The van der Waals surface area contributed by atoms with Crippen LogP contribution in [0.5, 0.6) is 0 Å². The number of aliphatic carboxylic acids is 1. The summed E-state index contributed by atoms with van der Waals surface area (Å²) in [5.41, 5.74) is 0. The molecule has 0 spiro atoms. The van der Waals surface area contributed by atoms with Crippen molar-refractivity contribution in [2.75, 3.05) is 19.6 Å². The normalized spacial score (nSPS) is 16.4. The van der Waals surface area contributed by atoms with E-state index < -0.39 is 21.9 Å². The Balaban J connectivity index is 2.03. The molecule has 0 aliphatic carbocycles. The Kier molecular flexibility index (Phi) is 5.19. The number of hydrogen-bond acceptors (Lipinski definition) is 5. The Morgan fingerprint density at radius 2 is 1.91 bits per heavy atom. The number of nitrogens with zero attached hydrogens (tertiary/aromatic N) is 1. The molecule has 0 unspecified atom stereocenters. The van der Waals surface area contributed by atoms with E-state index >= 15 is 0 Å². The Bertz CT molecular complexity index is 645. The zero-order valence-corrected chi connectivity index (χ0v) is 12.8. The molecule has 0 bridgehead atoms. The standard InChI is InChI=1S/C13H18N2O6S/c16-11(17)6-7-14-13(18)10-4-5-12(21-10)22(19,20)15-8-2-1-3-9-15/h4-5H,1-3,6-9H2,(H,14,18)(H,16,17). The minimum absolute atomic E-state index is 0.0525. The molecule has 1 aliphatic rings. The van der Waals surface area contributed by atoms with Crippen LogP contribution >= 0.6 is 0 Å². The fraction of sp³-hybridized carbons (Fsp3) is 0.538. The molecule has 0 atom stereocenters. The maximum Gasteiger partial charge on any atom is 0.305 e.